The number of hydrogen-bond acceptors (Lipinski definition) is 2. The summed E-state index contributed by atoms with van der Waals surface area (Å²) in [7, 11) is 0. The van der Waals surface area contributed by atoms with E-state index in [1.165, 1.54) is 0 Å². The van der Waals surface area contributed by atoms with E-state index in [9.17, 15) is 4.79 Å². The molecule has 0 aliphatic rings. The highest BCUT2D eigenvalue weighted by Crippen LogP contribution is 2.20. The molecular weight excluding hydrogens is 204 g/mol. The van der Waals surface area contributed by atoms with E-state index in [0.29, 0.717) is 6.42 Å². The number of H-pyrrole nitrogens is 1. The van der Waals surface area contributed by atoms with Crippen molar-refractivity contribution in [3.63, 3.8) is 0 Å². The summed E-state index contributed by atoms with van der Waals surface area (Å²) in [6, 6.07) is 7.70. The first-order chi connectivity index (χ1) is 7.77. The van der Waals surface area contributed by atoms with Crippen molar-refractivity contribution >= 4 is 5.97 Å². The molecule has 0 amide bonds. The summed E-state index contributed by atoms with van der Waals surface area (Å²) in [6.45, 7) is 0. The third-order valence-corrected chi connectivity index (χ3v) is 2.38. The van der Waals surface area contributed by atoms with Crippen molar-refractivity contribution < 1.29 is 9.90 Å². The largest absolute Gasteiger partial charge is 0.481 e. The molecule has 0 atom stereocenters. The number of carbonyl (C=O) groups is 1. The first-order valence-electron chi connectivity index (χ1n) is 5.07. The molecule has 2 N–H and O–H groups in total. The number of aromatic amines is 1. The number of imidazole rings is 1. The molecule has 0 aliphatic heterocycles. The van der Waals surface area contributed by atoms with E-state index in [-0.39, 0.29) is 6.42 Å². The van der Waals surface area contributed by atoms with Gasteiger partial charge in [-0.3, -0.25) is 4.79 Å². The second-order valence-corrected chi connectivity index (χ2v) is 3.49. The van der Waals surface area contributed by atoms with Gasteiger partial charge in [0.1, 0.15) is 5.82 Å². The number of hydrogen-bond donors (Lipinski definition) is 2. The fraction of sp³-hybridized carbons (Fsp3) is 0.167. The van der Waals surface area contributed by atoms with Crippen LogP contribution in [0.5, 0.6) is 0 Å². The molecule has 0 aliphatic carbocycles. The van der Waals surface area contributed by atoms with Gasteiger partial charge in [0.05, 0.1) is 0 Å². The fourth-order valence-electron chi connectivity index (χ4n) is 1.62. The maximum atomic E-state index is 10.5. The first kappa shape index (κ1) is 10.4. The molecule has 4 nitrogen and oxygen atoms in total. The number of aliphatic carboxylic acids is 1. The number of rotatable bonds is 4. The summed E-state index contributed by atoms with van der Waals surface area (Å²) in [4.78, 5) is 17.7. The zero-order chi connectivity index (χ0) is 11.4. The second kappa shape index (κ2) is 4.61. The molecule has 0 unspecified atom stereocenters. The molecule has 0 bridgehead atoms. The average molecular weight is 216 g/mol. The third-order valence-electron chi connectivity index (χ3n) is 2.38. The second-order valence-electron chi connectivity index (χ2n) is 3.49. The molecule has 0 saturated carbocycles. The van der Waals surface area contributed by atoms with Crippen LogP contribution in [-0.4, -0.2) is 21.0 Å². The van der Waals surface area contributed by atoms with Crippen LogP contribution in [-0.2, 0) is 11.2 Å². The van der Waals surface area contributed by atoms with Crippen molar-refractivity contribution in [2.45, 2.75) is 12.8 Å². The first-order valence-corrected chi connectivity index (χ1v) is 5.07. The molecular formula is C12H12N2O2. The number of aryl methyl sites for hydroxylation is 1. The van der Waals surface area contributed by atoms with Crippen LogP contribution >= 0.6 is 0 Å². The molecule has 0 spiro atoms. The van der Waals surface area contributed by atoms with Crippen LogP contribution in [0, 0.1) is 0 Å². The van der Waals surface area contributed by atoms with Crippen molar-refractivity contribution in [3.8, 4) is 11.4 Å². The van der Waals surface area contributed by atoms with E-state index in [1.54, 1.807) is 12.4 Å². The van der Waals surface area contributed by atoms with E-state index >= 15 is 0 Å². The molecule has 0 fully saturated rings. The van der Waals surface area contributed by atoms with Crippen LogP contribution in [0.2, 0.25) is 0 Å². The fourth-order valence-corrected chi connectivity index (χ4v) is 1.62. The van der Waals surface area contributed by atoms with Crippen molar-refractivity contribution in [2.75, 3.05) is 0 Å². The van der Waals surface area contributed by atoms with Gasteiger partial charge in [0.15, 0.2) is 0 Å². The van der Waals surface area contributed by atoms with E-state index in [0.717, 1.165) is 17.0 Å². The van der Waals surface area contributed by atoms with Gasteiger partial charge in [-0.1, -0.05) is 24.3 Å². The minimum absolute atomic E-state index is 0.137. The average Bonchev–Trinajstić information content (AvgIpc) is 2.80. The van der Waals surface area contributed by atoms with Crippen LogP contribution in [0.15, 0.2) is 36.7 Å². The molecule has 2 rings (SSSR count). The van der Waals surface area contributed by atoms with Crippen LogP contribution in [0.1, 0.15) is 12.0 Å². The quantitative estimate of drug-likeness (QED) is 0.822. The smallest absolute Gasteiger partial charge is 0.303 e. The highest BCUT2D eigenvalue weighted by Gasteiger charge is 2.07. The highest BCUT2D eigenvalue weighted by molar-refractivity contribution is 5.68. The SMILES string of the molecule is O=C(O)CCc1ccccc1-c1ncc[nH]1. The molecule has 0 saturated heterocycles. The summed E-state index contributed by atoms with van der Waals surface area (Å²) in [5, 5.41) is 8.67. The Kier molecular flexibility index (Phi) is 3.00. The Morgan fingerprint density at radius 3 is 2.88 bits per heavy atom. The lowest BCUT2D eigenvalue weighted by molar-refractivity contribution is -0.136. The molecule has 82 valence electrons. The lowest BCUT2D eigenvalue weighted by atomic mass is 10.0. The Balaban J connectivity index is 2.27. The third kappa shape index (κ3) is 2.28. The van der Waals surface area contributed by atoms with Gasteiger partial charge < -0.3 is 10.1 Å². The number of carboxylic acids is 1. The Bertz CT molecular complexity index is 478. The topological polar surface area (TPSA) is 66.0 Å². The van der Waals surface area contributed by atoms with Crippen molar-refractivity contribution in [2.24, 2.45) is 0 Å². The molecule has 1 heterocycles. The van der Waals surface area contributed by atoms with Gasteiger partial charge in [-0.05, 0) is 12.0 Å². The van der Waals surface area contributed by atoms with Crippen LogP contribution < -0.4 is 0 Å². The Morgan fingerprint density at radius 2 is 2.19 bits per heavy atom. The van der Waals surface area contributed by atoms with Crippen LogP contribution in [0.4, 0.5) is 0 Å². The molecule has 2 aromatic rings. The monoisotopic (exact) mass is 216 g/mol. The predicted molar refractivity (Wildman–Crippen MR) is 60.0 cm³/mol. The zero-order valence-corrected chi connectivity index (χ0v) is 8.68. The van der Waals surface area contributed by atoms with E-state index in [1.807, 2.05) is 24.3 Å². The predicted octanol–water partition coefficient (Wildman–Crippen LogP) is 2.09. The molecule has 4 heteroatoms. The normalized spacial score (nSPS) is 10.2. The number of aromatic nitrogens is 2. The van der Waals surface area contributed by atoms with Gasteiger partial charge in [-0.2, -0.15) is 0 Å². The van der Waals surface area contributed by atoms with Crippen LogP contribution in [0.25, 0.3) is 11.4 Å². The van der Waals surface area contributed by atoms with Gasteiger partial charge in [0, 0.05) is 24.4 Å². The van der Waals surface area contributed by atoms with E-state index in [4.69, 9.17) is 5.11 Å². The number of benzene rings is 1. The number of nitrogens with one attached hydrogen (secondary N) is 1. The molecule has 16 heavy (non-hydrogen) atoms. The summed E-state index contributed by atoms with van der Waals surface area (Å²) in [6.07, 6.45) is 4.09. The Hall–Kier alpha value is -2.10. The Labute approximate surface area is 93.0 Å². The van der Waals surface area contributed by atoms with Gasteiger partial charge in [-0.25, -0.2) is 4.98 Å². The van der Waals surface area contributed by atoms with E-state index in [2.05, 4.69) is 9.97 Å². The maximum Gasteiger partial charge on any atom is 0.303 e. The minimum Gasteiger partial charge on any atom is -0.481 e. The number of carboxylic acid groups (broad SMARTS) is 1. The standard InChI is InChI=1S/C12H12N2O2/c15-11(16)6-5-9-3-1-2-4-10(9)12-13-7-8-14-12/h1-4,7-8H,5-6H2,(H,13,14)(H,15,16). The van der Waals surface area contributed by atoms with Gasteiger partial charge in [-0.15, -0.1) is 0 Å². The summed E-state index contributed by atoms with van der Waals surface area (Å²) >= 11 is 0. The molecule has 0 radical (unpaired) electrons. The minimum atomic E-state index is -0.783. The lowest BCUT2D eigenvalue weighted by Crippen LogP contribution is -1.99. The Morgan fingerprint density at radius 1 is 1.38 bits per heavy atom. The lowest BCUT2D eigenvalue weighted by Gasteiger charge is -2.05. The maximum absolute atomic E-state index is 10.5. The van der Waals surface area contributed by atoms with Crippen molar-refractivity contribution in [3.05, 3.63) is 42.2 Å². The van der Waals surface area contributed by atoms with Crippen LogP contribution in [0.3, 0.4) is 0 Å². The van der Waals surface area contributed by atoms with Gasteiger partial charge >= 0.3 is 5.97 Å². The summed E-state index contributed by atoms with van der Waals surface area (Å²) in [5.41, 5.74) is 1.97. The highest BCUT2D eigenvalue weighted by atomic mass is 16.4. The number of nitrogens with zero attached hydrogens (tertiary/aromatic N) is 1. The zero-order valence-electron chi connectivity index (χ0n) is 8.68. The van der Waals surface area contributed by atoms with Crippen molar-refractivity contribution in [1.82, 2.24) is 9.97 Å². The van der Waals surface area contributed by atoms with Gasteiger partial charge in [0.2, 0.25) is 0 Å². The van der Waals surface area contributed by atoms with Crippen molar-refractivity contribution in [1.29, 1.82) is 0 Å². The van der Waals surface area contributed by atoms with Gasteiger partial charge in [0.25, 0.3) is 0 Å². The molecule has 1 aromatic carbocycles. The summed E-state index contributed by atoms with van der Waals surface area (Å²) < 4.78 is 0. The summed E-state index contributed by atoms with van der Waals surface area (Å²) in [5.74, 6) is -0.00441. The molecule has 1 aromatic heterocycles. The van der Waals surface area contributed by atoms with E-state index < -0.39 is 5.97 Å².